The van der Waals surface area contributed by atoms with E-state index in [1.54, 1.807) is 13.0 Å². The van der Waals surface area contributed by atoms with Gasteiger partial charge in [-0.15, -0.1) is 0 Å². The average molecular weight is 372 g/mol. The molecular weight excluding hydrogens is 348 g/mol. The van der Waals surface area contributed by atoms with E-state index in [-0.39, 0.29) is 11.9 Å². The summed E-state index contributed by atoms with van der Waals surface area (Å²) in [6, 6.07) is 3.29. The van der Waals surface area contributed by atoms with Crippen molar-refractivity contribution in [1.29, 1.82) is 0 Å². The molecule has 2 aromatic heterocycles. The second kappa shape index (κ2) is 7.54. The minimum absolute atomic E-state index is 0.224. The summed E-state index contributed by atoms with van der Waals surface area (Å²) in [7, 11) is 0. The molecule has 2 heterocycles. The Labute approximate surface area is 157 Å². The number of ether oxygens (including phenoxy) is 2. The fourth-order valence-electron chi connectivity index (χ4n) is 2.87. The number of rotatable bonds is 8. The fraction of sp³-hybridized carbons (Fsp3) is 0.579. The molecule has 1 unspecified atom stereocenters. The normalized spacial score (nSPS) is 17.4. The van der Waals surface area contributed by atoms with Gasteiger partial charge in [-0.25, -0.2) is 4.79 Å². The zero-order valence-electron chi connectivity index (χ0n) is 15.6. The van der Waals surface area contributed by atoms with Gasteiger partial charge in [-0.3, -0.25) is 0 Å². The van der Waals surface area contributed by atoms with Gasteiger partial charge in [0.15, 0.2) is 5.82 Å². The quantitative estimate of drug-likeness (QED) is 0.754. The number of carbonyl (C=O) groups is 1. The number of aryl methyl sites for hydroxylation is 1. The molecule has 27 heavy (non-hydrogen) atoms. The van der Waals surface area contributed by atoms with Crippen LogP contribution in [0, 0.1) is 12.8 Å². The minimum atomic E-state index is -0.607. The van der Waals surface area contributed by atoms with Crippen molar-refractivity contribution in [2.45, 2.75) is 57.9 Å². The second-order valence-electron chi connectivity index (χ2n) is 7.24. The zero-order valence-corrected chi connectivity index (χ0v) is 15.6. The van der Waals surface area contributed by atoms with Crippen molar-refractivity contribution >= 4 is 6.09 Å². The molecule has 2 aliphatic rings. The number of hydrogen-bond acceptors (Lipinski definition) is 7. The van der Waals surface area contributed by atoms with Crippen LogP contribution in [0.15, 0.2) is 16.7 Å². The van der Waals surface area contributed by atoms with Gasteiger partial charge in [-0.2, -0.15) is 9.97 Å². The van der Waals surface area contributed by atoms with Crippen LogP contribution in [0.4, 0.5) is 4.79 Å². The summed E-state index contributed by atoms with van der Waals surface area (Å²) in [5.41, 5.74) is 1.11. The van der Waals surface area contributed by atoms with Gasteiger partial charge < -0.3 is 19.3 Å². The molecule has 1 atom stereocenters. The maximum absolute atomic E-state index is 12.3. The van der Waals surface area contributed by atoms with Gasteiger partial charge >= 0.3 is 6.09 Å². The van der Waals surface area contributed by atoms with Gasteiger partial charge in [-0.1, -0.05) is 12.1 Å². The molecule has 1 N–H and O–H groups in total. The van der Waals surface area contributed by atoms with Crippen LogP contribution in [0.1, 0.15) is 68.3 Å². The van der Waals surface area contributed by atoms with E-state index in [9.17, 15) is 4.79 Å². The maximum Gasteiger partial charge on any atom is 0.414 e. The van der Waals surface area contributed by atoms with E-state index in [1.165, 1.54) is 12.8 Å². The number of aromatic nitrogens is 3. The van der Waals surface area contributed by atoms with Crippen molar-refractivity contribution in [3.8, 4) is 11.8 Å². The summed E-state index contributed by atoms with van der Waals surface area (Å²) < 4.78 is 16.2. The molecule has 0 bridgehead atoms. The molecule has 0 aromatic carbocycles. The SMILES string of the molecule is CCC(NC(=O)Oc1ccc(C2CC2)c(OCC2CC2)n1)c1noc(C)n1. The van der Waals surface area contributed by atoms with E-state index < -0.39 is 6.09 Å². The topological polar surface area (TPSA) is 99.4 Å². The van der Waals surface area contributed by atoms with Crippen LogP contribution in [0.25, 0.3) is 0 Å². The number of nitrogens with zero attached hydrogens (tertiary/aromatic N) is 3. The molecule has 0 aliphatic heterocycles. The Morgan fingerprint density at radius 2 is 2.11 bits per heavy atom. The summed E-state index contributed by atoms with van der Waals surface area (Å²) >= 11 is 0. The van der Waals surface area contributed by atoms with Crippen LogP contribution in [0.3, 0.4) is 0 Å². The lowest BCUT2D eigenvalue weighted by Crippen LogP contribution is -2.31. The van der Waals surface area contributed by atoms with E-state index >= 15 is 0 Å². The molecule has 0 radical (unpaired) electrons. The highest BCUT2D eigenvalue weighted by Crippen LogP contribution is 2.44. The summed E-state index contributed by atoms with van der Waals surface area (Å²) in [6.45, 7) is 4.30. The largest absolute Gasteiger partial charge is 0.477 e. The maximum atomic E-state index is 12.3. The van der Waals surface area contributed by atoms with Gasteiger partial charge in [0.2, 0.25) is 17.7 Å². The molecule has 144 valence electrons. The first-order chi connectivity index (χ1) is 13.1. The minimum Gasteiger partial charge on any atom is -0.477 e. The number of pyridine rings is 1. The smallest absolute Gasteiger partial charge is 0.414 e. The van der Waals surface area contributed by atoms with Crippen LogP contribution in [0.2, 0.25) is 0 Å². The van der Waals surface area contributed by atoms with E-state index in [0.717, 1.165) is 18.4 Å². The molecule has 0 saturated heterocycles. The van der Waals surface area contributed by atoms with Crippen LogP contribution in [0.5, 0.6) is 11.8 Å². The van der Waals surface area contributed by atoms with Gasteiger partial charge in [0, 0.05) is 18.6 Å². The van der Waals surface area contributed by atoms with Crippen LogP contribution >= 0.6 is 0 Å². The summed E-state index contributed by atoms with van der Waals surface area (Å²) in [6.07, 6.45) is 4.74. The molecule has 4 rings (SSSR count). The zero-order chi connectivity index (χ0) is 18.8. The molecule has 8 heteroatoms. The number of hydrogen-bond donors (Lipinski definition) is 1. The molecule has 0 spiro atoms. The van der Waals surface area contributed by atoms with Crippen molar-refractivity contribution in [2.24, 2.45) is 5.92 Å². The predicted molar refractivity (Wildman–Crippen MR) is 95.7 cm³/mol. The molecular formula is C19H24N4O4. The molecule has 2 aromatic rings. The predicted octanol–water partition coefficient (Wildman–Crippen LogP) is 3.68. The summed E-state index contributed by atoms with van der Waals surface area (Å²) in [5, 5.41) is 6.60. The van der Waals surface area contributed by atoms with Crippen LogP contribution in [-0.4, -0.2) is 27.8 Å². The highest BCUT2D eigenvalue weighted by molar-refractivity contribution is 5.70. The van der Waals surface area contributed by atoms with Gasteiger partial charge in [-0.05, 0) is 50.0 Å². The Balaban J connectivity index is 1.41. The Hall–Kier alpha value is -2.64. The first kappa shape index (κ1) is 17.8. The molecule has 2 aliphatic carbocycles. The third kappa shape index (κ3) is 4.56. The van der Waals surface area contributed by atoms with Crippen molar-refractivity contribution in [3.63, 3.8) is 0 Å². The third-order valence-electron chi connectivity index (χ3n) is 4.79. The Kier molecular flexibility index (Phi) is 4.96. The first-order valence-electron chi connectivity index (χ1n) is 9.54. The van der Waals surface area contributed by atoms with Crippen molar-refractivity contribution in [3.05, 3.63) is 29.4 Å². The van der Waals surface area contributed by atoms with Crippen molar-refractivity contribution < 1.29 is 18.8 Å². The average Bonchev–Trinajstić information content (AvgIpc) is 3.57. The van der Waals surface area contributed by atoms with Gasteiger partial charge in [0.25, 0.3) is 0 Å². The van der Waals surface area contributed by atoms with E-state index in [1.807, 2.05) is 13.0 Å². The summed E-state index contributed by atoms with van der Waals surface area (Å²) in [5.74, 6) is 2.85. The summed E-state index contributed by atoms with van der Waals surface area (Å²) in [4.78, 5) is 20.9. The highest BCUT2D eigenvalue weighted by atomic mass is 16.6. The second-order valence-corrected chi connectivity index (χ2v) is 7.24. The lowest BCUT2D eigenvalue weighted by Gasteiger charge is -2.14. The van der Waals surface area contributed by atoms with Crippen molar-refractivity contribution in [1.82, 2.24) is 20.4 Å². The standard InChI is InChI=1S/C19H24N4O4/c1-3-15(17-20-11(2)27-23-17)21-19(24)26-16-9-8-14(13-6-7-13)18(22-16)25-10-12-4-5-12/h8-9,12-13,15H,3-7,10H2,1-2H3,(H,21,24). The Morgan fingerprint density at radius 1 is 1.30 bits per heavy atom. The van der Waals surface area contributed by atoms with Crippen LogP contribution in [-0.2, 0) is 0 Å². The molecule has 2 saturated carbocycles. The van der Waals surface area contributed by atoms with E-state index in [4.69, 9.17) is 14.0 Å². The third-order valence-corrected chi connectivity index (χ3v) is 4.79. The number of nitrogens with one attached hydrogen (secondary N) is 1. The monoisotopic (exact) mass is 372 g/mol. The first-order valence-corrected chi connectivity index (χ1v) is 9.54. The lowest BCUT2D eigenvalue weighted by atomic mass is 10.2. The van der Waals surface area contributed by atoms with Crippen molar-refractivity contribution in [2.75, 3.05) is 6.61 Å². The Morgan fingerprint density at radius 3 is 2.74 bits per heavy atom. The Bertz CT molecular complexity index is 814. The van der Waals surface area contributed by atoms with Crippen LogP contribution < -0.4 is 14.8 Å². The molecule has 1 amide bonds. The lowest BCUT2D eigenvalue weighted by molar-refractivity contribution is 0.192. The van der Waals surface area contributed by atoms with Gasteiger partial charge in [0.1, 0.15) is 0 Å². The number of amides is 1. The molecule has 2 fully saturated rings. The fourth-order valence-corrected chi connectivity index (χ4v) is 2.87. The van der Waals surface area contributed by atoms with E-state index in [0.29, 0.717) is 42.5 Å². The number of carbonyl (C=O) groups excluding carboxylic acids is 1. The van der Waals surface area contributed by atoms with E-state index in [2.05, 4.69) is 20.4 Å². The van der Waals surface area contributed by atoms with Gasteiger partial charge in [0.05, 0.1) is 12.6 Å². The highest BCUT2D eigenvalue weighted by Gasteiger charge is 2.30. The molecule has 8 nitrogen and oxygen atoms in total.